The van der Waals surface area contributed by atoms with Gasteiger partial charge in [0.1, 0.15) is 5.70 Å². The summed E-state index contributed by atoms with van der Waals surface area (Å²) in [5.74, 6) is -1.29. The number of rotatable bonds is 5. The van der Waals surface area contributed by atoms with Crippen molar-refractivity contribution in [3.8, 4) is 0 Å². The van der Waals surface area contributed by atoms with Crippen LogP contribution >= 0.6 is 0 Å². The number of benzene rings is 1. The number of amides is 1. The minimum Gasteiger partial charge on any atom is -0.466 e. The Morgan fingerprint density at radius 1 is 1.25 bits per heavy atom. The molecule has 0 saturated carbocycles. The van der Waals surface area contributed by atoms with Gasteiger partial charge in [0, 0.05) is 24.3 Å². The van der Waals surface area contributed by atoms with E-state index in [0.29, 0.717) is 18.7 Å². The molecule has 1 aromatic rings. The molecule has 7 heteroatoms. The summed E-state index contributed by atoms with van der Waals surface area (Å²) in [6.45, 7) is 2.58. The highest BCUT2D eigenvalue weighted by Gasteiger charge is 2.23. The normalized spacial score (nSPS) is 14.5. The number of hydrogen-bond donors (Lipinski definition) is 1. The summed E-state index contributed by atoms with van der Waals surface area (Å²) in [5.41, 5.74) is 2.25. The second-order valence-electron chi connectivity index (χ2n) is 5.35. The maximum absolute atomic E-state index is 12.0. The van der Waals surface area contributed by atoms with Gasteiger partial charge in [0.25, 0.3) is 0 Å². The molecule has 1 aliphatic rings. The molecule has 0 atom stereocenters. The Morgan fingerprint density at radius 2 is 2.00 bits per heavy atom. The molecule has 1 amide bonds. The fraction of sp³-hybridized carbons (Fsp3) is 0.353. The Bertz CT molecular complexity index is 696. The number of anilines is 2. The summed E-state index contributed by atoms with van der Waals surface area (Å²) in [6.07, 6.45) is 2.38. The monoisotopic (exact) mass is 332 g/mol. The van der Waals surface area contributed by atoms with Crippen molar-refractivity contribution in [2.24, 2.45) is 0 Å². The first-order valence-corrected chi connectivity index (χ1v) is 7.52. The van der Waals surface area contributed by atoms with Gasteiger partial charge in [-0.1, -0.05) is 6.07 Å². The first-order valence-electron chi connectivity index (χ1n) is 7.52. The van der Waals surface area contributed by atoms with Crippen LogP contribution < -0.4 is 10.2 Å². The van der Waals surface area contributed by atoms with E-state index in [2.05, 4.69) is 14.8 Å². The summed E-state index contributed by atoms with van der Waals surface area (Å²) in [5, 5.41) is 2.85. The topological polar surface area (TPSA) is 84.9 Å². The highest BCUT2D eigenvalue weighted by molar-refractivity contribution is 5.99. The number of carbonyl (C=O) groups is 3. The molecule has 0 aromatic heterocycles. The Morgan fingerprint density at radius 3 is 2.58 bits per heavy atom. The molecule has 1 saturated heterocycles. The maximum atomic E-state index is 12.0. The smallest absolute Gasteiger partial charge is 0.354 e. The SMILES string of the molecule is COC(=O)/C=C(/Nc1ccc(C)c(N2CCCC2=O)c1)C(=O)OC. The number of nitrogens with one attached hydrogen (secondary N) is 1. The van der Waals surface area contributed by atoms with Crippen LogP contribution in [-0.4, -0.2) is 38.6 Å². The van der Waals surface area contributed by atoms with Gasteiger partial charge >= 0.3 is 11.9 Å². The molecular formula is C17H20N2O5. The van der Waals surface area contributed by atoms with Crippen molar-refractivity contribution in [3.63, 3.8) is 0 Å². The van der Waals surface area contributed by atoms with Crippen LogP contribution in [-0.2, 0) is 23.9 Å². The van der Waals surface area contributed by atoms with E-state index in [1.54, 1.807) is 17.0 Å². The molecule has 128 valence electrons. The van der Waals surface area contributed by atoms with Gasteiger partial charge in [-0.2, -0.15) is 0 Å². The number of hydrogen-bond acceptors (Lipinski definition) is 6. The number of methoxy groups -OCH3 is 2. The molecule has 0 spiro atoms. The summed E-state index contributed by atoms with van der Waals surface area (Å²) in [7, 11) is 2.44. The van der Waals surface area contributed by atoms with Crippen LogP contribution in [0.3, 0.4) is 0 Å². The van der Waals surface area contributed by atoms with Crippen molar-refractivity contribution in [3.05, 3.63) is 35.5 Å². The lowest BCUT2D eigenvalue weighted by Crippen LogP contribution is -2.24. The third-order valence-corrected chi connectivity index (χ3v) is 3.72. The van der Waals surface area contributed by atoms with Crippen molar-refractivity contribution in [2.75, 3.05) is 31.0 Å². The lowest BCUT2D eigenvalue weighted by Gasteiger charge is -2.20. The molecule has 2 rings (SSSR count). The zero-order valence-corrected chi connectivity index (χ0v) is 13.9. The fourth-order valence-corrected chi connectivity index (χ4v) is 2.47. The largest absolute Gasteiger partial charge is 0.466 e. The van der Waals surface area contributed by atoms with Crippen LogP contribution in [0.15, 0.2) is 30.0 Å². The van der Waals surface area contributed by atoms with E-state index in [-0.39, 0.29) is 11.6 Å². The van der Waals surface area contributed by atoms with Gasteiger partial charge in [-0.15, -0.1) is 0 Å². The molecule has 1 aromatic carbocycles. The predicted octanol–water partition coefficient (Wildman–Crippen LogP) is 1.76. The number of esters is 2. The molecule has 0 bridgehead atoms. The van der Waals surface area contributed by atoms with E-state index in [9.17, 15) is 14.4 Å². The Balaban J connectivity index is 2.31. The zero-order chi connectivity index (χ0) is 17.7. The molecular weight excluding hydrogens is 312 g/mol. The summed E-state index contributed by atoms with van der Waals surface area (Å²) >= 11 is 0. The molecule has 0 unspecified atom stereocenters. The minimum absolute atomic E-state index is 0.0492. The number of ether oxygens (including phenoxy) is 2. The van der Waals surface area contributed by atoms with Crippen LogP contribution in [0.1, 0.15) is 18.4 Å². The summed E-state index contributed by atoms with van der Waals surface area (Å²) in [6, 6.07) is 5.37. The lowest BCUT2D eigenvalue weighted by atomic mass is 10.1. The van der Waals surface area contributed by atoms with E-state index in [1.165, 1.54) is 14.2 Å². The molecule has 1 N–H and O–H groups in total. The standard InChI is InChI=1S/C17H20N2O5/c1-11-6-7-12(9-14(11)19-8-4-5-15(19)20)18-13(17(22)24-3)10-16(21)23-2/h6-7,9-10,18H,4-5,8H2,1-3H3/b13-10+. The van der Waals surface area contributed by atoms with E-state index in [1.807, 2.05) is 13.0 Å². The Kier molecular flexibility index (Phi) is 5.57. The van der Waals surface area contributed by atoms with Crippen molar-refractivity contribution < 1.29 is 23.9 Å². The van der Waals surface area contributed by atoms with Gasteiger partial charge in [0.2, 0.25) is 5.91 Å². The van der Waals surface area contributed by atoms with E-state index >= 15 is 0 Å². The van der Waals surface area contributed by atoms with Crippen LogP contribution in [0.2, 0.25) is 0 Å². The summed E-state index contributed by atoms with van der Waals surface area (Å²) in [4.78, 5) is 36.9. The molecule has 7 nitrogen and oxygen atoms in total. The van der Waals surface area contributed by atoms with Crippen LogP contribution in [0.4, 0.5) is 11.4 Å². The number of aryl methyl sites for hydroxylation is 1. The average Bonchev–Trinajstić information content (AvgIpc) is 3.00. The first kappa shape index (κ1) is 17.5. The van der Waals surface area contributed by atoms with Crippen LogP contribution in [0.5, 0.6) is 0 Å². The quantitative estimate of drug-likeness (QED) is 0.653. The third kappa shape index (κ3) is 3.92. The molecule has 1 heterocycles. The van der Waals surface area contributed by atoms with Crippen molar-refractivity contribution >= 4 is 29.2 Å². The highest BCUT2D eigenvalue weighted by Crippen LogP contribution is 2.28. The fourth-order valence-electron chi connectivity index (χ4n) is 2.47. The molecule has 1 aliphatic heterocycles. The van der Waals surface area contributed by atoms with Gasteiger partial charge in [-0.05, 0) is 31.0 Å². The van der Waals surface area contributed by atoms with E-state index in [4.69, 9.17) is 0 Å². The molecule has 0 radical (unpaired) electrons. The van der Waals surface area contributed by atoms with Gasteiger partial charge in [-0.25, -0.2) is 9.59 Å². The highest BCUT2D eigenvalue weighted by atomic mass is 16.5. The Hall–Kier alpha value is -2.83. The Labute approximate surface area is 140 Å². The van der Waals surface area contributed by atoms with Crippen molar-refractivity contribution in [1.29, 1.82) is 0 Å². The van der Waals surface area contributed by atoms with Gasteiger partial charge in [0.15, 0.2) is 0 Å². The van der Waals surface area contributed by atoms with Crippen molar-refractivity contribution in [1.82, 2.24) is 0 Å². The molecule has 24 heavy (non-hydrogen) atoms. The number of nitrogens with zero attached hydrogens (tertiary/aromatic N) is 1. The summed E-state index contributed by atoms with van der Waals surface area (Å²) < 4.78 is 9.19. The number of carbonyl (C=O) groups excluding carboxylic acids is 3. The van der Waals surface area contributed by atoms with Crippen LogP contribution in [0.25, 0.3) is 0 Å². The van der Waals surface area contributed by atoms with Gasteiger partial charge in [-0.3, -0.25) is 4.79 Å². The maximum Gasteiger partial charge on any atom is 0.354 e. The lowest BCUT2D eigenvalue weighted by molar-refractivity contribution is -0.138. The van der Waals surface area contributed by atoms with Crippen molar-refractivity contribution in [2.45, 2.75) is 19.8 Å². The average molecular weight is 332 g/mol. The second-order valence-corrected chi connectivity index (χ2v) is 5.35. The van der Waals surface area contributed by atoms with Gasteiger partial charge in [0.05, 0.1) is 20.3 Å². The van der Waals surface area contributed by atoms with Crippen LogP contribution in [0, 0.1) is 6.92 Å². The van der Waals surface area contributed by atoms with E-state index < -0.39 is 11.9 Å². The van der Waals surface area contributed by atoms with Gasteiger partial charge < -0.3 is 19.7 Å². The molecule has 1 fully saturated rings. The molecule has 0 aliphatic carbocycles. The third-order valence-electron chi connectivity index (χ3n) is 3.72. The predicted molar refractivity (Wildman–Crippen MR) is 88.5 cm³/mol. The zero-order valence-electron chi connectivity index (χ0n) is 13.9. The van der Waals surface area contributed by atoms with E-state index in [0.717, 1.165) is 23.7 Å². The minimum atomic E-state index is -0.695. The first-order chi connectivity index (χ1) is 11.5. The second kappa shape index (κ2) is 7.63.